The normalized spacial score (nSPS) is 15.8. The van der Waals surface area contributed by atoms with Crippen LogP contribution in [-0.2, 0) is 25.1 Å². The van der Waals surface area contributed by atoms with Gasteiger partial charge in [0, 0.05) is 35.7 Å². The molecule has 32 heavy (non-hydrogen) atoms. The van der Waals surface area contributed by atoms with Gasteiger partial charge in [-0.15, -0.1) is 10.2 Å². The molecule has 0 unspecified atom stereocenters. The summed E-state index contributed by atoms with van der Waals surface area (Å²) in [7, 11) is 1.90. The molecule has 0 saturated heterocycles. The Morgan fingerprint density at radius 3 is 2.59 bits per heavy atom. The number of halogens is 4. The fourth-order valence-corrected chi connectivity index (χ4v) is 4.93. The summed E-state index contributed by atoms with van der Waals surface area (Å²) in [6.45, 7) is 0. The van der Waals surface area contributed by atoms with Crippen LogP contribution in [0.25, 0.3) is 11.2 Å². The molecule has 10 heteroatoms. The number of aromatic nitrogens is 5. The summed E-state index contributed by atoms with van der Waals surface area (Å²) >= 11 is 3.08. The number of aryl methyl sites for hydroxylation is 1. The first-order valence-corrected chi connectivity index (χ1v) is 10.9. The average molecular weight is 506 g/mol. The van der Waals surface area contributed by atoms with Crippen molar-refractivity contribution in [2.75, 3.05) is 0 Å². The maximum absolute atomic E-state index is 13.6. The van der Waals surface area contributed by atoms with E-state index in [0.29, 0.717) is 12.1 Å². The van der Waals surface area contributed by atoms with Gasteiger partial charge < -0.3 is 4.57 Å². The van der Waals surface area contributed by atoms with Gasteiger partial charge in [-0.3, -0.25) is 8.97 Å². The zero-order valence-electron chi connectivity index (χ0n) is 17.1. The second kappa shape index (κ2) is 7.33. The minimum absolute atomic E-state index is 0.125. The first-order valence-electron chi connectivity index (χ1n) is 10.1. The van der Waals surface area contributed by atoms with Crippen molar-refractivity contribution in [3.05, 3.63) is 81.0 Å². The molecule has 0 N–H and O–H groups in total. The van der Waals surface area contributed by atoms with E-state index in [1.165, 1.54) is 17.0 Å². The third kappa shape index (κ3) is 3.37. The third-order valence-corrected chi connectivity index (χ3v) is 6.82. The predicted molar refractivity (Wildman–Crippen MR) is 116 cm³/mol. The van der Waals surface area contributed by atoms with Crippen LogP contribution in [0.1, 0.15) is 36.2 Å². The lowest BCUT2D eigenvalue weighted by atomic mass is 9.62. The number of imidazole rings is 1. The predicted octanol–water partition coefficient (Wildman–Crippen LogP) is 4.66. The van der Waals surface area contributed by atoms with E-state index in [1.807, 2.05) is 29.8 Å². The maximum atomic E-state index is 13.6. The fraction of sp³-hybridized carbons (Fsp3) is 0.318. The van der Waals surface area contributed by atoms with Crippen LogP contribution in [0.3, 0.4) is 0 Å². The zero-order valence-corrected chi connectivity index (χ0v) is 18.7. The van der Waals surface area contributed by atoms with E-state index in [1.54, 1.807) is 12.4 Å². The summed E-state index contributed by atoms with van der Waals surface area (Å²) in [5.41, 5.74) is -0.155. The molecule has 0 spiro atoms. The second-order valence-corrected chi connectivity index (χ2v) is 9.24. The van der Waals surface area contributed by atoms with Crippen molar-refractivity contribution in [3.8, 4) is 5.69 Å². The second-order valence-electron chi connectivity index (χ2n) is 8.33. The standard InChI is InChI=1S/C22H19BrF3N5O/c1-29-13-27-28-19(29)10-21(6-3-7-21)14-4-2-5-16(8-14)30-12-18-17(22(24,25)26)9-15(23)11-31(18)20(30)32/h2,4-5,8-9,11-13H,3,6-7,10H2,1H3. The molecule has 1 aliphatic carbocycles. The molecule has 1 fully saturated rings. The summed E-state index contributed by atoms with van der Waals surface area (Å²) in [5.74, 6) is 0.876. The van der Waals surface area contributed by atoms with E-state index >= 15 is 0 Å². The van der Waals surface area contributed by atoms with Crippen molar-refractivity contribution in [1.82, 2.24) is 23.7 Å². The SMILES string of the molecule is Cn1cnnc1CC1(c2cccc(-n3cc4c(C(F)(F)F)cc(Br)cn4c3=O)c2)CCC1. The topological polar surface area (TPSA) is 57.1 Å². The molecule has 0 aliphatic heterocycles. The summed E-state index contributed by atoms with van der Waals surface area (Å²) in [4.78, 5) is 13.0. The van der Waals surface area contributed by atoms with Crippen LogP contribution in [-0.4, -0.2) is 23.7 Å². The molecular formula is C22H19BrF3N5O. The van der Waals surface area contributed by atoms with Gasteiger partial charge in [0.15, 0.2) is 0 Å². The molecule has 0 amide bonds. The Bertz CT molecular complexity index is 1380. The molecule has 5 rings (SSSR count). The number of hydrogen-bond acceptors (Lipinski definition) is 3. The van der Waals surface area contributed by atoms with Gasteiger partial charge in [0.1, 0.15) is 12.2 Å². The summed E-state index contributed by atoms with van der Waals surface area (Å²) in [6.07, 6.45) is 3.44. The summed E-state index contributed by atoms with van der Waals surface area (Å²) < 4.78 is 45.1. The van der Waals surface area contributed by atoms with E-state index < -0.39 is 17.4 Å². The highest BCUT2D eigenvalue weighted by atomic mass is 79.9. The van der Waals surface area contributed by atoms with E-state index in [4.69, 9.17) is 0 Å². The number of alkyl halides is 3. The third-order valence-electron chi connectivity index (χ3n) is 6.39. The van der Waals surface area contributed by atoms with Crippen molar-refractivity contribution in [2.24, 2.45) is 7.05 Å². The number of fused-ring (bicyclic) bond motifs is 1. The van der Waals surface area contributed by atoms with Gasteiger partial charge in [0.25, 0.3) is 0 Å². The maximum Gasteiger partial charge on any atom is 0.418 e. The zero-order chi connectivity index (χ0) is 22.7. The van der Waals surface area contributed by atoms with Gasteiger partial charge >= 0.3 is 11.9 Å². The van der Waals surface area contributed by atoms with Crippen LogP contribution in [0.2, 0.25) is 0 Å². The Hall–Kier alpha value is -2.88. The van der Waals surface area contributed by atoms with Gasteiger partial charge in [-0.25, -0.2) is 4.79 Å². The molecular weight excluding hydrogens is 487 g/mol. The van der Waals surface area contributed by atoms with Crippen LogP contribution >= 0.6 is 15.9 Å². The van der Waals surface area contributed by atoms with Crippen LogP contribution in [0.4, 0.5) is 13.2 Å². The quantitative estimate of drug-likeness (QED) is 0.405. The highest BCUT2D eigenvalue weighted by molar-refractivity contribution is 9.10. The Morgan fingerprint density at radius 2 is 1.97 bits per heavy atom. The molecule has 3 aromatic heterocycles. The van der Waals surface area contributed by atoms with Gasteiger partial charge in [-0.2, -0.15) is 13.2 Å². The van der Waals surface area contributed by atoms with Crippen LogP contribution in [0.15, 0.2) is 58.3 Å². The molecule has 3 heterocycles. The Morgan fingerprint density at radius 1 is 1.19 bits per heavy atom. The van der Waals surface area contributed by atoms with E-state index in [9.17, 15) is 18.0 Å². The van der Waals surface area contributed by atoms with Crippen LogP contribution in [0, 0.1) is 0 Å². The minimum Gasteiger partial charge on any atom is -0.321 e. The highest BCUT2D eigenvalue weighted by Gasteiger charge is 2.40. The van der Waals surface area contributed by atoms with Crippen molar-refractivity contribution in [1.29, 1.82) is 0 Å². The summed E-state index contributed by atoms with van der Waals surface area (Å²) in [6, 6.07) is 8.48. The fourth-order valence-electron chi connectivity index (χ4n) is 4.49. The number of nitrogens with zero attached hydrogens (tertiary/aromatic N) is 5. The molecule has 1 aliphatic rings. The van der Waals surface area contributed by atoms with Crippen LogP contribution in [0.5, 0.6) is 0 Å². The minimum atomic E-state index is -4.58. The molecule has 0 atom stereocenters. The molecule has 166 valence electrons. The molecule has 0 radical (unpaired) electrons. The number of rotatable bonds is 4. The largest absolute Gasteiger partial charge is 0.418 e. The smallest absolute Gasteiger partial charge is 0.321 e. The van der Waals surface area contributed by atoms with E-state index in [-0.39, 0.29) is 15.4 Å². The number of benzene rings is 1. The van der Waals surface area contributed by atoms with Crippen LogP contribution < -0.4 is 5.69 Å². The van der Waals surface area contributed by atoms with E-state index in [2.05, 4.69) is 26.1 Å². The Kier molecular flexibility index (Phi) is 4.81. The molecule has 0 bridgehead atoms. The molecule has 6 nitrogen and oxygen atoms in total. The average Bonchev–Trinajstić information content (AvgIpc) is 3.26. The lowest BCUT2D eigenvalue weighted by Crippen LogP contribution is -2.37. The van der Waals surface area contributed by atoms with Gasteiger partial charge in [-0.05, 0) is 52.5 Å². The monoisotopic (exact) mass is 505 g/mol. The van der Waals surface area contributed by atoms with Crippen molar-refractivity contribution in [2.45, 2.75) is 37.3 Å². The first kappa shape index (κ1) is 21.0. The van der Waals surface area contributed by atoms with Gasteiger partial charge in [0.2, 0.25) is 0 Å². The number of hydrogen-bond donors (Lipinski definition) is 0. The lowest BCUT2D eigenvalue weighted by molar-refractivity contribution is -0.136. The first-order chi connectivity index (χ1) is 15.2. The molecule has 1 aromatic carbocycles. The molecule has 1 saturated carbocycles. The number of pyridine rings is 1. The summed E-state index contributed by atoms with van der Waals surface area (Å²) in [5, 5.41) is 8.18. The molecule has 4 aromatic rings. The van der Waals surface area contributed by atoms with Crippen molar-refractivity contribution >= 4 is 21.4 Å². The van der Waals surface area contributed by atoms with Gasteiger partial charge in [0.05, 0.1) is 16.8 Å². The highest BCUT2D eigenvalue weighted by Crippen LogP contribution is 2.46. The van der Waals surface area contributed by atoms with Gasteiger partial charge in [-0.1, -0.05) is 18.6 Å². The lowest BCUT2D eigenvalue weighted by Gasteiger charge is -2.42. The Labute approximate surface area is 189 Å². The Balaban J connectivity index is 1.61. The van der Waals surface area contributed by atoms with Crippen molar-refractivity contribution < 1.29 is 13.2 Å². The van der Waals surface area contributed by atoms with Crippen molar-refractivity contribution in [3.63, 3.8) is 0 Å². The van der Waals surface area contributed by atoms with E-state index in [0.717, 1.165) is 41.1 Å².